The van der Waals surface area contributed by atoms with E-state index in [0.29, 0.717) is 12.1 Å². The van der Waals surface area contributed by atoms with E-state index in [1.807, 2.05) is 0 Å². The highest BCUT2D eigenvalue weighted by atomic mass is 15.2. The third kappa shape index (κ3) is 1.57. The van der Waals surface area contributed by atoms with Gasteiger partial charge in [-0.25, -0.2) is 0 Å². The molecule has 2 aromatic rings. The van der Waals surface area contributed by atoms with Crippen molar-refractivity contribution in [3.05, 3.63) is 47.7 Å². The Morgan fingerprint density at radius 3 is 2.95 bits per heavy atom. The van der Waals surface area contributed by atoms with Crippen LogP contribution in [-0.2, 0) is 6.42 Å². The number of hydrogen-bond donors (Lipinski definition) is 1. The molecule has 1 fully saturated rings. The second-order valence-corrected chi connectivity index (χ2v) is 7.12. The molecule has 0 bridgehead atoms. The topological polar surface area (TPSA) is 19.0 Å². The van der Waals surface area contributed by atoms with Crippen molar-refractivity contribution in [2.45, 2.75) is 38.3 Å². The largest absolute Gasteiger partial charge is 0.357 e. The predicted molar refractivity (Wildman–Crippen MR) is 86.3 cm³/mol. The number of benzene rings is 1. The van der Waals surface area contributed by atoms with E-state index >= 15 is 0 Å². The van der Waals surface area contributed by atoms with E-state index in [9.17, 15) is 0 Å². The molecule has 3 aliphatic rings. The zero-order valence-corrected chi connectivity index (χ0v) is 12.5. The summed E-state index contributed by atoms with van der Waals surface area (Å²) in [6.07, 6.45) is 8.54. The number of nitrogens with one attached hydrogen (secondary N) is 1. The predicted octanol–water partition coefficient (Wildman–Crippen LogP) is 4.05. The first-order chi connectivity index (χ1) is 10.3. The van der Waals surface area contributed by atoms with Crippen molar-refractivity contribution in [2.75, 3.05) is 6.54 Å². The average molecular weight is 278 g/mol. The molecule has 0 spiro atoms. The molecule has 0 unspecified atom stereocenters. The highest BCUT2D eigenvalue weighted by Crippen LogP contribution is 2.51. The molecule has 1 aliphatic carbocycles. The van der Waals surface area contributed by atoms with Crippen molar-refractivity contribution in [3.63, 3.8) is 0 Å². The molecule has 21 heavy (non-hydrogen) atoms. The fourth-order valence-electron chi connectivity index (χ4n) is 5.06. The third-order valence-electron chi connectivity index (χ3n) is 6.04. The summed E-state index contributed by atoms with van der Waals surface area (Å²) in [6.45, 7) is 3.71. The van der Waals surface area contributed by atoms with E-state index in [2.05, 4.69) is 53.2 Å². The van der Waals surface area contributed by atoms with E-state index in [0.717, 1.165) is 11.8 Å². The maximum atomic E-state index is 3.78. The van der Waals surface area contributed by atoms with Crippen molar-refractivity contribution in [3.8, 4) is 0 Å². The van der Waals surface area contributed by atoms with E-state index < -0.39 is 0 Å². The Morgan fingerprint density at radius 2 is 2.00 bits per heavy atom. The Kier molecular flexibility index (Phi) is 2.43. The normalized spacial score (nSPS) is 34.7. The lowest BCUT2D eigenvalue weighted by atomic mass is 9.79. The van der Waals surface area contributed by atoms with Crippen LogP contribution in [-0.4, -0.2) is 22.5 Å². The summed E-state index contributed by atoms with van der Waals surface area (Å²) in [5.41, 5.74) is 4.44. The van der Waals surface area contributed by atoms with Crippen molar-refractivity contribution < 1.29 is 0 Å². The molecule has 0 saturated carbocycles. The monoisotopic (exact) mass is 278 g/mol. The van der Waals surface area contributed by atoms with Gasteiger partial charge in [0.05, 0.1) is 6.04 Å². The smallest absolute Gasteiger partial charge is 0.0538 e. The summed E-state index contributed by atoms with van der Waals surface area (Å²) in [4.78, 5) is 6.55. The van der Waals surface area contributed by atoms with Crippen molar-refractivity contribution >= 4 is 10.9 Å². The van der Waals surface area contributed by atoms with Gasteiger partial charge in [0, 0.05) is 29.2 Å². The number of aromatic amines is 1. The fraction of sp³-hybridized carbons (Fsp3) is 0.474. The second-order valence-electron chi connectivity index (χ2n) is 7.12. The molecule has 2 heteroatoms. The van der Waals surface area contributed by atoms with Crippen molar-refractivity contribution in [1.29, 1.82) is 0 Å². The van der Waals surface area contributed by atoms with Gasteiger partial charge >= 0.3 is 0 Å². The van der Waals surface area contributed by atoms with Crippen LogP contribution in [0.15, 0.2) is 36.4 Å². The van der Waals surface area contributed by atoms with Crippen LogP contribution in [0, 0.1) is 11.8 Å². The molecule has 1 N–H and O–H groups in total. The molecular weight excluding hydrogens is 256 g/mol. The molecule has 2 nitrogen and oxygen atoms in total. The number of fused-ring (bicyclic) bond motifs is 7. The molecule has 4 atom stereocenters. The minimum absolute atomic E-state index is 0.617. The Morgan fingerprint density at radius 1 is 1.14 bits per heavy atom. The van der Waals surface area contributed by atoms with Gasteiger partial charge in [0.1, 0.15) is 0 Å². The first kappa shape index (κ1) is 12.0. The molecular formula is C19H22N2. The van der Waals surface area contributed by atoms with Gasteiger partial charge in [0.2, 0.25) is 0 Å². The number of para-hydroxylation sites is 1. The molecule has 0 amide bonds. The summed E-state index contributed by atoms with van der Waals surface area (Å²) in [6, 6.07) is 10.1. The lowest BCUT2D eigenvalue weighted by Gasteiger charge is -2.37. The van der Waals surface area contributed by atoms with Gasteiger partial charge in [0.25, 0.3) is 0 Å². The van der Waals surface area contributed by atoms with E-state index in [4.69, 9.17) is 0 Å². The maximum absolute atomic E-state index is 3.78. The van der Waals surface area contributed by atoms with Crippen LogP contribution in [0.4, 0.5) is 0 Å². The van der Waals surface area contributed by atoms with Crippen LogP contribution >= 0.6 is 0 Å². The molecule has 1 saturated heterocycles. The second kappa shape index (κ2) is 4.23. The van der Waals surface area contributed by atoms with Crippen molar-refractivity contribution in [1.82, 2.24) is 9.88 Å². The van der Waals surface area contributed by atoms with Gasteiger partial charge in [-0.3, -0.25) is 4.90 Å². The maximum Gasteiger partial charge on any atom is 0.0538 e. The first-order valence-corrected chi connectivity index (χ1v) is 8.33. The summed E-state index contributed by atoms with van der Waals surface area (Å²) in [5, 5.41) is 1.45. The zero-order valence-electron chi connectivity index (χ0n) is 12.5. The van der Waals surface area contributed by atoms with Crippen LogP contribution in [0.1, 0.15) is 37.1 Å². The number of hydrogen-bond acceptors (Lipinski definition) is 1. The highest BCUT2D eigenvalue weighted by Gasteiger charge is 2.47. The van der Waals surface area contributed by atoms with Crippen LogP contribution in [0.3, 0.4) is 0 Å². The molecule has 108 valence electrons. The standard InChI is InChI=1S/C19H22N2/c1-12-10-16-15-8-4-5-9-17(15)20-18(16)19-14-7-3-2-6-13(14)11-21(12)19/h2-5,8-9,12-14,19-20H,6-7,10-11H2,1H3/t12-,13-,14+,19-/m1/s1. The quantitative estimate of drug-likeness (QED) is 0.720. The molecule has 5 rings (SSSR count). The number of rotatable bonds is 0. The van der Waals surface area contributed by atoms with E-state index in [-0.39, 0.29) is 0 Å². The van der Waals surface area contributed by atoms with Gasteiger partial charge in [0.15, 0.2) is 0 Å². The fourth-order valence-corrected chi connectivity index (χ4v) is 5.06. The van der Waals surface area contributed by atoms with Gasteiger partial charge < -0.3 is 4.98 Å². The lowest BCUT2D eigenvalue weighted by Crippen LogP contribution is -2.39. The zero-order chi connectivity index (χ0) is 14.0. The number of nitrogens with zero attached hydrogens (tertiary/aromatic N) is 1. The Hall–Kier alpha value is -1.54. The third-order valence-corrected chi connectivity index (χ3v) is 6.04. The summed E-state index contributed by atoms with van der Waals surface area (Å²) < 4.78 is 0. The van der Waals surface area contributed by atoms with Crippen LogP contribution < -0.4 is 0 Å². The number of aromatic nitrogens is 1. The average Bonchev–Trinajstić information content (AvgIpc) is 3.06. The SMILES string of the molecule is C[C@@H]1Cc2c([nH]c3ccccc23)[C@H]2[C@H]3CC=CC[C@@H]3CN12. The van der Waals surface area contributed by atoms with Crippen LogP contribution in [0.2, 0.25) is 0 Å². The number of H-pyrrole nitrogens is 1. The molecule has 0 radical (unpaired) electrons. The van der Waals surface area contributed by atoms with Crippen LogP contribution in [0.25, 0.3) is 10.9 Å². The van der Waals surface area contributed by atoms with Gasteiger partial charge in [-0.05, 0) is 49.7 Å². The minimum Gasteiger partial charge on any atom is -0.357 e. The van der Waals surface area contributed by atoms with Gasteiger partial charge in [-0.15, -0.1) is 0 Å². The summed E-state index contributed by atoms with van der Waals surface area (Å²) in [5.74, 6) is 1.67. The molecule has 2 aliphatic heterocycles. The molecule has 1 aromatic carbocycles. The minimum atomic E-state index is 0.617. The molecule has 3 heterocycles. The van der Waals surface area contributed by atoms with Gasteiger partial charge in [-0.2, -0.15) is 0 Å². The summed E-state index contributed by atoms with van der Waals surface area (Å²) in [7, 11) is 0. The Labute approximate surface area is 125 Å². The Bertz CT molecular complexity index is 726. The van der Waals surface area contributed by atoms with E-state index in [1.165, 1.54) is 42.4 Å². The summed E-state index contributed by atoms with van der Waals surface area (Å²) >= 11 is 0. The van der Waals surface area contributed by atoms with E-state index in [1.54, 1.807) is 5.56 Å². The Balaban J connectivity index is 1.70. The van der Waals surface area contributed by atoms with Crippen molar-refractivity contribution in [2.24, 2.45) is 11.8 Å². The number of allylic oxidation sites excluding steroid dienone is 2. The lowest BCUT2D eigenvalue weighted by molar-refractivity contribution is 0.153. The van der Waals surface area contributed by atoms with Gasteiger partial charge in [-0.1, -0.05) is 30.4 Å². The first-order valence-electron chi connectivity index (χ1n) is 8.33. The molecule has 1 aromatic heterocycles. The van der Waals surface area contributed by atoms with Crippen LogP contribution in [0.5, 0.6) is 0 Å². The highest BCUT2D eigenvalue weighted by molar-refractivity contribution is 5.85.